The Kier molecular flexibility index (Phi) is 4.44. The first kappa shape index (κ1) is 13.0. The lowest BCUT2D eigenvalue weighted by Crippen LogP contribution is -2.37. The van der Waals surface area contributed by atoms with Crippen LogP contribution in [0.3, 0.4) is 0 Å². The molecule has 19 heavy (non-hydrogen) atoms. The van der Waals surface area contributed by atoms with Gasteiger partial charge in [0.05, 0.1) is 12.8 Å². The smallest absolute Gasteiger partial charge is 0.317 e. The Labute approximate surface area is 111 Å². The molecule has 0 radical (unpaired) electrons. The van der Waals surface area contributed by atoms with Crippen molar-refractivity contribution in [1.82, 2.24) is 10.6 Å². The van der Waals surface area contributed by atoms with Crippen molar-refractivity contribution in [2.24, 2.45) is 0 Å². The van der Waals surface area contributed by atoms with Gasteiger partial charge in [0, 0.05) is 0 Å². The molecule has 5 nitrogen and oxygen atoms in total. The number of ether oxygens (including phenoxy) is 1. The van der Waals surface area contributed by atoms with Crippen LogP contribution in [0.1, 0.15) is 11.3 Å². The van der Waals surface area contributed by atoms with Crippen molar-refractivity contribution in [2.75, 3.05) is 6.73 Å². The zero-order valence-electron chi connectivity index (χ0n) is 10.7. The van der Waals surface area contributed by atoms with E-state index in [-0.39, 0.29) is 12.8 Å². The van der Waals surface area contributed by atoms with E-state index >= 15 is 0 Å². The molecule has 2 rings (SSSR count). The van der Waals surface area contributed by atoms with Gasteiger partial charge in [0.2, 0.25) is 0 Å². The quantitative estimate of drug-likeness (QED) is 0.811. The van der Waals surface area contributed by atoms with Crippen LogP contribution in [0.25, 0.3) is 0 Å². The zero-order valence-corrected chi connectivity index (χ0v) is 10.7. The van der Waals surface area contributed by atoms with E-state index in [1.807, 2.05) is 31.2 Å². The molecule has 0 fully saturated rings. The van der Waals surface area contributed by atoms with Gasteiger partial charge in [-0.15, -0.1) is 0 Å². The number of hydrogen-bond acceptors (Lipinski definition) is 3. The first-order chi connectivity index (χ1) is 9.24. The highest BCUT2D eigenvalue weighted by Gasteiger charge is 2.01. The van der Waals surface area contributed by atoms with Crippen LogP contribution >= 0.6 is 0 Å². The maximum absolute atomic E-state index is 11.4. The van der Waals surface area contributed by atoms with E-state index < -0.39 is 0 Å². The minimum absolute atomic E-state index is 0.118. The van der Waals surface area contributed by atoms with Crippen molar-refractivity contribution in [3.05, 3.63) is 54.0 Å². The summed E-state index contributed by atoms with van der Waals surface area (Å²) in [7, 11) is 0. The highest BCUT2D eigenvalue weighted by molar-refractivity contribution is 5.73. The molecule has 0 unspecified atom stereocenters. The first-order valence-corrected chi connectivity index (χ1v) is 5.97. The third kappa shape index (κ3) is 4.39. The first-order valence-electron chi connectivity index (χ1n) is 5.97. The van der Waals surface area contributed by atoms with Gasteiger partial charge in [-0.05, 0) is 31.2 Å². The lowest BCUT2D eigenvalue weighted by Gasteiger charge is -2.08. The number of rotatable bonds is 5. The van der Waals surface area contributed by atoms with Gasteiger partial charge < -0.3 is 19.8 Å². The number of benzene rings is 1. The Balaban J connectivity index is 1.65. The van der Waals surface area contributed by atoms with Crippen molar-refractivity contribution in [3.8, 4) is 5.75 Å². The molecule has 5 heteroatoms. The maximum atomic E-state index is 11.4. The van der Waals surface area contributed by atoms with E-state index in [1.165, 1.54) is 0 Å². The molecule has 2 N–H and O–H groups in total. The fourth-order valence-corrected chi connectivity index (χ4v) is 1.46. The highest BCUT2D eigenvalue weighted by atomic mass is 16.5. The number of carbonyl (C=O) groups excluding carboxylic acids is 1. The minimum atomic E-state index is -0.302. The molecule has 0 saturated carbocycles. The molecule has 0 atom stereocenters. The van der Waals surface area contributed by atoms with Crippen LogP contribution in [0.4, 0.5) is 4.79 Å². The molecule has 1 aromatic carbocycles. The summed E-state index contributed by atoms with van der Waals surface area (Å²) >= 11 is 0. The third-order valence-electron chi connectivity index (χ3n) is 2.50. The molecule has 100 valence electrons. The molecule has 0 saturated heterocycles. The SMILES string of the molecule is Cc1ccc(OCNC(=O)NCc2ccco2)cc1. The summed E-state index contributed by atoms with van der Waals surface area (Å²) in [5, 5.41) is 5.25. The van der Waals surface area contributed by atoms with Crippen LogP contribution in [0.15, 0.2) is 47.1 Å². The molecule has 2 aromatic rings. The third-order valence-corrected chi connectivity index (χ3v) is 2.50. The Morgan fingerprint density at radius 3 is 2.68 bits per heavy atom. The summed E-state index contributed by atoms with van der Waals surface area (Å²) in [6.07, 6.45) is 1.56. The molecule has 0 aliphatic carbocycles. The van der Waals surface area contributed by atoms with Crippen LogP contribution in [0.5, 0.6) is 5.75 Å². The fraction of sp³-hybridized carbons (Fsp3) is 0.214. The second kappa shape index (κ2) is 6.49. The van der Waals surface area contributed by atoms with E-state index in [9.17, 15) is 4.79 Å². The van der Waals surface area contributed by atoms with Crippen molar-refractivity contribution < 1.29 is 13.9 Å². The molecule has 0 aliphatic heterocycles. The fourth-order valence-electron chi connectivity index (χ4n) is 1.46. The van der Waals surface area contributed by atoms with Crippen LogP contribution in [0.2, 0.25) is 0 Å². The summed E-state index contributed by atoms with van der Waals surface area (Å²) in [6, 6.07) is 10.9. The Morgan fingerprint density at radius 1 is 1.21 bits per heavy atom. The van der Waals surface area contributed by atoms with Crippen LogP contribution in [-0.2, 0) is 6.54 Å². The monoisotopic (exact) mass is 260 g/mol. The molecule has 2 amide bonds. The number of aryl methyl sites for hydroxylation is 1. The second-order valence-electron chi connectivity index (χ2n) is 4.04. The number of urea groups is 1. The lowest BCUT2D eigenvalue weighted by atomic mass is 10.2. The van der Waals surface area contributed by atoms with Gasteiger partial charge in [0.25, 0.3) is 0 Å². The molecule has 0 bridgehead atoms. The van der Waals surface area contributed by atoms with Crippen molar-refractivity contribution in [1.29, 1.82) is 0 Å². The summed E-state index contributed by atoms with van der Waals surface area (Å²) in [6.45, 7) is 2.47. The largest absolute Gasteiger partial charge is 0.473 e. The van der Waals surface area contributed by atoms with E-state index in [0.717, 1.165) is 11.3 Å². The molecule has 0 spiro atoms. The molecule has 0 aliphatic rings. The second-order valence-corrected chi connectivity index (χ2v) is 4.04. The molecular weight excluding hydrogens is 244 g/mol. The van der Waals surface area contributed by atoms with Gasteiger partial charge in [-0.25, -0.2) is 4.79 Å². The molecule has 1 heterocycles. The van der Waals surface area contributed by atoms with Gasteiger partial charge in [-0.2, -0.15) is 0 Å². The topological polar surface area (TPSA) is 63.5 Å². The van der Waals surface area contributed by atoms with Crippen molar-refractivity contribution >= 4 is 6.03 Å². The van der Waals surface area contributed by atoms with Crippen LogP contribution in [0, 0.1) is 6.92 Å². The highest BCUT2D eigenvalue weighted by Crippen LogP contribution is 2.10. The van der Waals surface area contributed by atoms with Gasteiger partial charge in [0.15, 0.2) is 6.73 Å². The summed E-state index contributed by atoms with van der Waals surface area (Å²) in [5.74, 6) is 1.42. The predicted octanol–water partition coefficient (Wildman–Crippen LogP) is 2.42. The molecular formula is C14H16N2O3. The molecule has 1 aromatic heterocycles. The van der Waals surface area contributed by atoms with Gasteiger partial charge >= 0.3 is 6.03 Å². The average Bonchev–Trinajstić information content (AvgIpc) is 2.92. The summed E-state index contributed by atoms with van der Waals surface area (Å²) in [5.41, 5.74) is 1.16. The van der Waals surface area contributed by atoms with Gasteiger partial charge in [0.1, 0.15) is 11.5 Å². The number of amides is 2. The van der Waals surface area contributed by atoms with E-state index in [2.05, 4.69) is 10.6 Å². The summed E-state index contributed by atoms with van der Waals surface area (Å²) in [4.78, 5) is 11.4. The van der Waals surface area contributed by atoms with Gasteiger partial charge in [-0.1, -0.05) is 17.7 Å². The Hall–Kier alpha value is -2.43. The zero-order chi connectivity index (χ0) is 13.5. The number of furan rings is 1. The van der Waals surface area contributed by atoms with E-state index in [1.54, 1.807) is 18.4 Å². The van der Waals surface area contributed by atoms with Gasteiger partial charge in [-0.3, -0.25) is 0 Å². The lowest BCUT2D eigenvalue weighted by molar-refractivity contribution is 0.223. The average molecular weight is 260 g/mol. The Bertz CT molecular complexity index is 506. The van der Waals surface area contributed by atoms with E-state index in [0.29, 0.717) is 12.3 Å². The minimum Gasteiger partial charge on any atom is -0.473 e. The predicted molar refractivity (Wildman–Crippen MR) is 70.8 cm³/mol. The standard InChI is InChI=1S/C14H16N2O3/c1-11-4-6-12(7-5-11)19-10-16-14(17)15-9-13-3-2-8-18-13/h2-8H,9-10H2,1H3,(H2,15,16,17). The van der Waals surface area contributed by atoms with Crippen molar-refractivity contribution in [2.45, 2.75) is 13.5 Å². The van der Waals surface area contributed by atoms with E-state index in [4.69, 9.17) is 9.15 Å². The number of carbonyl (C=O) groups is 1. The normalized spacial score (nSPS) is 9.95. The Morgan fingerprint density at radius 2 is 2.00 bits per heavy atom. The number of hydrogen-bond donors (Lipinski definition) is 2. The maximum Gasteiger partial charge on any atom is 0.317 e. The summed E-state index contributed by atoms with van der Waals surface area (Å²) < 4.78 is 10.5. The van der Waals surface area contributed by atoms with Crippen LogP contribution in [-0.4, -0.2) is 12.8 Å². The van der Waals surface area contributed by atoms with Crippen LogP contribution < -0.4 is 15.4 Å². The number of nitrogens with one attached hydrogen (secondary N) is 2. The van der Waals surface area contributed by atoms with Crippen molar-refractivity contribution in [3.63, 3.8) is 0 Å².